The van der Waals surface area contributed by atoms with Gasteiger partial charge in [0.1, 0.15) is 0 Å². The molecule has 5 nitrogen and oxygen atoms in total. The smallest absolute Gasteiger partial charge is 0.243 e. The highest BCUT2D eigenvalue weighted by Crippen LogP contribution is 2.18. The molecule has 140 valence electrons. The van der Waals surface area contributed by atoms with Crippen LogP contribution >= 0.6 is 23.2 Å². The molecule has 0 saturated carbocycles. The van der Waals surface area contributed by atoms with E-state index in [1.54, 1.807) is 24.3 Å². The van der Waals surface area contributed by atoms with Crippen molar-refractivity contribution in [2.75, 3.05) is 13.1 Å². The minimum absolute atomic E-state index is 0.112. The van der Waals surface area contributed by atoms with Crippen LogP contribution in [0, 0.1) is 0 Å². The number of sulfonamides is 1. The number of rotatable bonds is 8. The number of benzene rings is 2. The standard InChI is InChI=1S/C18H20Cl2N2O3S/c1-2-11-22(26(24,25)17-9-7-16(20)8-10-17)13-18(23)21-12-14-3-5-15(19)6-4-14/h3-10H,2,11-13H2,1H3,(H,21,23). The Bertz CT molecular complexity index is 838. The molecule has 0 radical (unpaired) electrons. The molecule has 0 fully saturated rings. The Morgan fingerprint density at radius 2 is 1.54 bits per heavy atom. The average Bonchev–Trinajstić information content (AvgIpc) is 2.61. The van der Waals surface area contributed by atoms with Crippen LogP contribution in [-0.2, 0) is 21.4 Å². The molecule has 0 bridgehead atoms. The zero-order valence-electron chi connectivity index (χ0n) is 14.3. The number of carbonyl (C=O) groups is 1. The third-order valence-electron chi connectivity index (χ3n) is 3.65. The van der Waals surface area contributed by atoms with Gasteiger partial charge in [-0.2, -0.15) is 4.31 Å². The Labute approximate surface area is 164 Å². The van der Waals surface area contributed by atoms with Gasteiger partial charge in [-0.25, -0.2) is 8.42 Å². The van der Waals surface area contributed by atoms with Crippen molar-refractivity contribution >= 4 is 39.1 Å². The van der Waals surface area contributed by atoms with Crippen molar-refractivity contribution < 1.29 is 13.2 Å². The number of hydrogen-bond acceptors (Lipinski definition) is 3. The van der Waals surface area contributed by atoms with Gasteiger partial charge in [-0.3, -0.25) is 4.79 Å². The lowest BCUT2D eigenvalue weighted by molar-refractivity contribution is -0.121. The zero-order valence-corrected chi connectivity index (χ0v) is 16.6. The van der Waals surface area contributed by atoms with E-state index >= 15 is 0 Å². The second-order valence-electron chi connectivity index (χ2n) is 5.70. The summed E-state index contributed by atoms with van der Waals surface area (Å²) in [6, 6.07) is 13.0. The molecule has 0 heterocycles. The molecule has 0 spiro atoms. The molecule has 0 unspecified atom stereocenters. The first kappa shape index (κ1) is 20.7. The van der Waals surface area contributed by atoms with Crippen LogP contribution in [0.3, 0.4) is 0 Å². The third-order valence-corrected chi connectivity index (χ3v) is 6.01. The van der Waals surface area contributed by atoms with E-state index in [4.69, 9.17) is 23.2 Å². The Balaban J connectivity index is 2.05. The van der Waals surface area contributed by atoms with E-state index < -0.39 is 10.0 Å². The zero-order chi connectivity index (χ0) is 19.2. The van der Waals surface area contributed by atoms with Gasteiger partial charge in [0, 0.05) is 23.1 Å². The van der Waals surface area contributed by atoms with Crippen LogP contribution < -0.4 is 5.32 Å². The van der Waals surface area contributed by atoms with Crippen LogP contribution in [0.4, 0.5) is 0 Å². The monoisotopic (exact) mass is 414 g/mol. The summed E-state index contributed by atoms with van der Waals surface area (Å²) in [7, 11) is -3.77. The van der Waals surface area contributed by atoms with E-state index in [1.807, 2.05) is 6.92 Å². The Hall–Kier alpha value is -1.60. The van der Waals surface area contributed by atoms with Gasteiger partial charge in [0.25, 0.3) is 0 Å². The lowest BCUT2D eigenvalue weighted by atomic mass is 10.2. The summed E-state index contributed by atoms with van der Waals surface area (Å²) in [5.74, 6) is -0.370. The first-order valence-corrected chi connectivity index (χ1v) is 10.3. The van der Waals surface area contributed by atoms with Crippen molar-refractivity contribution in [2.45, 2.75) is 24.8 Å². The number of hydrogen-bond donors (Lipinski definition) is 1. The Kier molecular flexibility index (Phi) is 7.46. The molecule has 8 heteroatoms. The molecule has 0 aliphatic rings. The summed E-state index contributed by atoms with van der Waals surface area (Å²) < 4.78 is 26.7. The second kappa shape index (κ2) is 9.37. The molecule has 2 aromatic carbocycles. The quantitative estimate of drug-likeness (QED) is 0.715. The summed E-state index contributed by atoms with van der Waals surface area (Å²) in [5.41, 5.74) is 0.880. The maximum Gasteiger partial charge on any atom is 0.243 e. The number of carbonyl (C=O) groups excluding carboxylic acids is 1. The second-order valence-corrected chi connectivity index (χ2v) is 8.51. The first-order valence-electron chi connectivity index (χ1n) is 8.10. The Morgan fingerprint density at radius 1 is 1.00 bits per heavy atom. The summed E-state index contributed by atoms with van der Waals surface area (Å²) >= 11 is 11.6. The van der Waals surface area contributed by atoms with Crippen molar-refractivity contribution in [3.63, 3.8) is 0 Å². The van der Waals surface area contributed by atoms with E-state index in [1.165, 1.54) is 28.6 Å². The number of amides is 1. The predicted octanol–water partition coefficient (Wildman–Crippen LogP) is 3.71. The van der Waals surface area contributed by atoms with Crippen molar-refractivity contribution in [3.05, 3.63) is 64.1 Å². The minimum Gasteiger partial charge on any atom is -0.351 e. The lowest BCUT2D eigenvalue weighted by Gasteiger charge is -2.21. The number of halogens is 2. The normalized spacial score (nSPS) is 11.5. The molecule has 0 saturated heterocycles. The summed E-state index contributed by atoms with van der Waals surface area (Å²) in [5, 5.41) is 3.80. The van der Waals surface area contributed by atoms with Crippen LogP contribution in [0.1, 0.15) is 18.9 Å². The molecule has 1 amide bonds. The van der Waals surface area contributed by atoms with Gasteiger partial charge in [0.05, 0.1) is 11.4 Å². The topological polar surface area (TPSA) is 66.5 Å². The largest absolute Gasteiger partial charge is 0.351 e. The van der Waals surface area contributed by atoms with Gasteiger partial charge in [-0.15, -0.1) is 0 Å². The predicted molar refractivity (Wildman–Crippen MR) is 104 cm³/mol. The maximum absolute atomic E-state index is 12.8. The van der Waals surface area contributed by atoms with Crippen LogP contribution in [0.25, 0.3) is 0 Å². The van der Waals surface area contributed by atoms with Crippen LogP contribution in [0.5, 0.6) is 0 Å². The number of nitrogens with zero attached hydrogens (tertiary/aromatic N) is 1. The van der Waals surface area contributed by atoms with E-state index in [0.29, 0.717) is 23.0 Å². The fraction of sp³-hybridized carbons (Fsp3) is 0.278. The van der Waals surface area contributed by atoms with E-state index in [9.17, 15) is 13.2 Å². The summed E-state index contributed by atoms with van der Waals surface area (Å²) in [6.45, 7) is 2.17. The fourth-order valence-electron chi connectivity index (χ4n) is 2.31. The lowest BCUT2D eigenvalue weighted by Crippen LogP contribution is -2.40. The average molecular weight is 415 g/mol. The van der Waals surface area contributed by atoms with Gasteiger partial charge in [0.2, 0.25) is 15.9 Å². The van der Waals surface area contributed by atoms with Gasteiger partial charge < -0.3 is 5.32 Å². The van der Waals surface area contributed by atoms with Gasteiger partial charge in [0.15, 0.2) is 0 Å². The number of nitrogens with one attached hydrogen (secondary N) is 1. The molecule has 2 aromatic rings. The molecule has 2 rings (SSSR count). The molecule has 26 heavy (non-hydrogen) atoms. The highest BCUT2D eigenvalue weighted by Gasteiger charge is 2.25. The van der Waals surface area contributed by atoms with Crippen molar-refractivity contribution in [3.8, 4) is 0 Å². The summed E-state index contributed by atoms with van der Waals surface area (Å²) in [4.78, 5) is 12.3. The molecule has 0 atom stereocenters. The van der Waals surface area contributed by atoms with E-state index in [-0.39, 0.29) is 23.9 Å². The van der Waals surface area contributed by atoms with Crippen LogP contribution in [0.2, 0.25) is 10.0 Å². The Morgan fingerprint density at radius 3 is 2.08 bits per heavy atom. The molecule has 1 N–H and O–H groups in total. The minimum atomic E-state index is -3.77. The molecule has 0 aromatic heterocycles. The van der Waals surface area contributed by atoms with Gasteiger partial charge >= 0.3 is 0 Å². The maximum atomic E-state index is 12.8. The molecular weight excluding hydrogens is 395 g/mol. The summed E-state index contributed by atoms with van der Waals surface area (Å²) in [6.07, 6.45) is 0.595. The third kappa shape index (κ3) is 5.71. The fourth-order valence-corrected chi connectivity index (χ4v) is 4.05. The van der Waals surface area contributed by atoms with E-state index in [0.717, 1.165) is 5.56 Å². The van der Waals surface area contributed by atoms with Gasteiger partial charge in [-0.05, 0) is 48.4 Å². The highest BCUT2D eigenvalue weighted by atomic mass is 35.5. The van der Waals surface area contributed by atoms with Crippen molar-refractivity contribution in [1.82, 2.24) is 9.62 Å². The van der Waals surface area contributed by atoms with Crippen LogP contribution in [0.15, 0.2) is 53.4 Å². The van der Waals surface area contributed by atoms with Crippen molar-refractivity contribution in [1.29, 1.82) is 0 Å². The van der Waals surface area contributed by atoms with Crippen LogP contribution in [-0.4, -0.2) is 31.7 Å². The highest BCUT2D eigenvalue weighted by molar-refractivity contribution is 7.89. The van der Waals surface area contributed by atoms with Gasteiger partial charge in [-0.1, -0.05) is 42.3 Å². The molecule has 0 aliphatic heterocycles. The first-order chi connectivity index (χ1) is 12.3. The van der Waals surface area contributed by atoms with Crippen molar-refractivity contribution in [2.24, 2.45) is 0 Å². The molecule has 0 aliphatic carbocycles. The molecular formula is C18H20Cl2N2O3S. The SMILES string of the molecule is CCCN(CC(=O)NCc1ccc(Cl)cc1)S(=O)(=O)c1ccc(Cl)cc1. The van der Waals surface area contributed by atoms with E-state index in [2.05, 4.69) is 5.32 Å².